The Morgan fingerprint density at radius 3 is 2.27 bits per heavy atom. The number of carbonyl (C=O) groups is 1. The van der Waals surface area contributed by atoms with Crippen molar-refractivity contribution < 1.29 is 14.6 Å². The van der Waals surface area contributed by atoms with Crippen molar-refractivity contribution >= 4 is 5.97 Å². The van der Waals surface area contributed by atoms with Crippen LogP contribution in [0.25, 0.3) is 0 Å². The van der Waals surface area contributed by atoms with Gasteiger partial charge in [0.1, 0.15) is 0 Å². The monoisotopic (exact) mass is 300 g/mol. The summed E-state index contributed by atoms with van der Waals surface area (Å²) in [5.74, 6) is 0.369. The molecule has 0 radical (unpaired) electrons. The van der Waals surface area contributed by atoms with Crippen molar-refractivity contribution in [2.45, 2.75) is 65.1 Å². The van der Waals surface area contributed by atoms with Gasteiger partial charge in [-0.05, 0) is 92.7 Å². The van der Waals surface area contributed by atoms with Crippen molar-refractivity contribution in [2.24, 2.45) is 11.8 Å². The van der Waals surface area contributed by atoms with Crippen LogP contribution in [0.1, 0.15) is 59.6 Å². The highest BCUT2D eigenvalue weighted by Gasteiger charge is 2.75. The molecule has 0 aromatic heterocycles. The average Bonchev–Trinajstić information content (AvgIpc) is 3.18. The summed E-state index contributed by atoms with van der Waals surface area (Å²) in [6.45, 7) is 11.0. The van der Waals surface area contributed by atoms with Crippen LogP contribution >= 0.6 is 0 Å². The maximum absolute atomic E-state index is 11.2. The number of hydrogen-bond acceptors (Lipinski definition) is 2. The van der Waals surface area contributed by atoms with E-state index in [9.17, 15) is 9.90 Å². The first-order chi connectivity index (χ1) is 10.2. The third-order valence-corrected chi connectivity index (χ3v) is 6.81. The Hall–Kier alpha value is -1.35. The Morgan fingerprint density at radius 2 is 1.68 bits per heavy atom. The summed E-state index contributed by atoms with van der Waals surface area (Å²) in [6, 6.07) is 0. The third kappa shape index (κ3) is 1.39. The van der Waals surface area contributed by atoms with Crippen molar-refractivity contribution in [3.05, 3.63) is 33.4 Å². The third-order valence-electron chi connectivity index (χ3n) is 6.81. The molecule has 118 valence electrons. The van der Waals surface area contributed by atoms with Gasteiger partial charge in [0, 0.05) is 6.42 Å². The van der Waals surface area contributed by atoms with E-state index in [0.717, 1.165) is 0 Å². The molecule has 1 N–H and O–H groups in total. The standard InChI is InChI=1S/C19H24O3/c1-9-10(2)12(4)17-16(11(9)3)18(5)13-8-14(13)19(17,22-18)7-6-15(20)21/h13-14H,6-8H2,1-5H3,(H,20,21). The molecular formula is C19H24O3. The maximum atomic E-state index is 11.2. The highest BCUT2D eigenvalue weighted by atomic mass is 16.5. The molecule has 0 amide bonds. The van der Waals surface area contributed by atoms with Gasteiger partial charge < -0.3 is 9.84 Å². The molecule has 4 unspecified atom stereocenters. The highest BCUT2D eigenvalue weighted by molar-refractivity contribution is 5.68. The van der Waals surface area contributed by atoms with Crippen molar-refractivity contribution in [2.75, 3.05) is 0 Å². The molecule has 3 nitrogen and oxygen atoms in total. The predicted octanol–water partition coefficient (Wildman–Crippen LogP) is 3.88. The van der Waals surface area contributed by atoms with Crippen LogP contribution in [0.4, 0.5) is 0 Å². The molecule has 4 rings (SSSR count). The van der Waals surface area contributed by atoms with Gasteiger partial charge in [-0.15, -0.1) is 0 Å². The number of ether oxygens (including phenoxy) is 1. The quantitative estimate of drug-likeness (QED) is 0.921. The summed E-state index contributed by atoms with van der Waals surface area (Å²) in [7, 11) is 0. The van der Waals surface area contributed by atoms with Gasteiger partial charge in [0.05, 0.1) is 11.2 Å². The minimum Gasteiger partial charge on any atom is -0.481 e. The van der Waals surface area contributed by atoms with E-state index in [1.807, 2.05) is 0 Å². The topological polar surface area (TPSA) is 46.5 Å². The van der Waals surface area contributed by atoms with Gasteiger partial charge in [-0.2, -0.15) is 0 Å². The van der Waals surface area contributed by atoms with E-state index in [0.29, 0.717) is 18.3 Å². The summed E-state index contributed by atoms with van der Waals surface area (Å²) in [5.41, 5.74) is 7.52. The molecule has 1 saturated heterocycles. The lowest BCUT2D eigenvalue weighted by molar-refractivity contribution is -0.143. The zero-order valence-corrected chi connectivity index (χ0v) is 14.0. The molecule has 1 aromatic rings. The van der Waals surface area contributed by atoms with Gasteiger partial charge in [-0.3, -0.25) is 4.79 Å². The second-order valence-corrected chi connectivity index (χ2v) is 7.69. The van der Waals surface area contributed by atoms with Gasteiger partial charge in [-0.1, -0.05) is 0 Å². The molecule has 1 saturated carbocycles. The first-order valence-electron chi connectivity index (χ1n) is 8.27. The number of aliphatic carboxylic acids is 1. The summed E-state index contributed by atoms with van der Waals surface area (Å²) < 4.78 is 6.64. The van der Waals surface area contributed by atoms with Crippen LogP contribution in [-0.4, -0.2) is 11.1 Å². The van der Waals surface area contributed by atoms with E-state index in [1.54, 1.807) is 0 Å². The van der Waals surface area contributed by atoms with E-state index < -0.39 is 5.97 Å². The number of benzene rings is 1. The van der Waals surface area contributed by atoms with Gasteiger partial charge in [0.25, 0.3) is 0 Å². The summed E-state index contributed by atoms with van der Waals surface area (Å²) in [5, 5.41) is 9.18. The molecule has 3 heteroatoms. The fourth-order valence-electron chi connectivity index (χ4n) is 5.44. The van der Waals surface area contributed by atoms with Crippen LogP contribution in [0.2, 0.25) is 0 Å². The first-order valence-corrected chi connectivity index (χ1v) is 8.27. The smallest absolute Gasteiger partial charge is 0.303 e. The van der Waals surface area contributed by atoms with Crippen LogP contribution in [-0.2, 0) is 20.7 Å². The van der Waals surface area contributed by atoms with Gasteiger partial charge >= 0.3 is 5.97 Å². The van der Waals surface area contributed by atoms with Gasteiger partial charge in [0.2, 0.25) is 0 Å². The van der Waals surface area contributed by atoms with Crippen LogP contribution < -0.4 is 0 Å². The molecular weight excluding hydrogens is 276 g/mol. The van der Waals surface area contributed by atoms with Crippen molar-refractivity contribution in [3.63, 3.8) is 0 Å². The lowest BCUT2D eigenvalue weighted by Crippen LogP contribution is -2.29. The molecule has 1 aromatic carbocycles. The first kappa shape index (κ1) is 14.3. The Morgan fingerprint density at radius 1 is 1.09 bits per heavy atom. The van der Waals surface area contributed by atoms with E-state index in [4.69, 9.17) is 4.74 Å². The van der Waals surface area contributed by atoms with E-state index in [1.165, 1.54) is 39.8 Å². The Balaban J connectivity index is 1.97. The lowest BCUT2D eigenvalue weighted by atomic mass is 9.70. The molecule has 2 fully saturated rings. The van der Waals surface area contributed by atoms with Crippen LogP contribution in [0.3, 0.4) is 0 Å². The van der Waals surface area contributed by atoms with E-state index >= 15 is 0 Å². The average molecular weight is 300 g/mol. The number of hydrogen-bond donors (Lipinski definition) is 1. The molecule has 0 spiro atoms. The van der Waals surface area contributed by atoms with Crippen molar-refractivity contribution in [3.8, 4) is 0 Å². The van der Waals surface area contributed by atoms with Crippen LogP contribution in [0.15, 0.2) is 0 Å². The van der Waals surface area contributed by atoms with Gasteiger partial charge in [0.15, 0.2) is 0 Å². The lowest BCUT2D eigenvalue weighted by Gasteiger charge is -2.31. The Kier molecular flexibility index (Phi) is 2.55. The fourth-order valence-corrected chi connectivity index (χ4v) is 5.44. The largest absolute Gasteiger partial charge is 0.481 e. The highest BCUT2D eigenvalue weighted by Crippen LogP contribution is 2.76. The molecule has 2 heterocycles. The van der Waals surface area contributed by atoms with Crippen molar-refractivity contribution in [1.29, 1.82) is 0 Å². The van der Waals surface area contributed by atoms with Crippen molar-refractivity contribution in [1.82, 2.24) is 0 Å². The fraction of sp³-hybridized carbons (Fsp3) is 0.632. The molecule has 2 bridgehead atoms. The van der Waals surface area contributed by atoms with Crippen LogP contribution in [0, 0.1) is 39.5 Å². The summed E-state index contributed by atoms with van der Waals surface area (Å²) >= 11 is 0. The zero-order chi connectivity index (χ0) is 16.0. The normalized spacial score (nSPS) is 37.1. The second-order valence-electron chi connectivity index (χ2n) is 7.69. The Labute approximate surface area is 131 Å². The SMILES string of the molecule is Cc1c(C)c(C)c2c(c1C)C1(C)OC2(CCC(=O)O)C2CC21. The maximum Gasteiger partial charge on any atom is 0.303 e. The molecule has 22 heavy (non-hydrogen) atoms. The number of carboxylic acid groups (broad SMARTS) is 1. The molecule has 2 aliphatic heterocycles. The van der Waals surface area contributed by atoms with E-state index in [2.05, 4.69) is 34.6 Å². The summed E-state index contributed by atoms with van der Waals surface area (Å²) in [6.07, 6.45) is 1.97. The molecule has 3 aliphatic rings. The van der Waals surface area contributed by atoms with Crippen LogP contribution in [0.5, 0.6) is 0 Å². The van der Waals surface area contributed by atoms with E-state index in [-0.39, 0.29) is 17.6 Å². The van der Waals surface area contributed by atoms with Gasteiger partial charge in [-0.25, -0.2) is 0 Å². The number of fused-ring (bicyclic) bond motifs is 8. The Bertz CT molecular complexity index is 720. The molecule has 4 atom stereocenters. The predicted molar refractivity (Wildman–Crippen MR) is 84.0 cm³/mol. The minimum atomic E-state index is -0.726. The zero-order valence-electron chi connectivity index (χ0n) is 14.0. The minimum absolute atomic E-state index is 0.185. The molecule has 1 aliphatic carbocycles. The summed E-state index contributed by atoms with van der Waals surface area (Å²) in [4.78, 5) is 11.2. The number of rotatable bonds is 3. The second kappa shape index (κ2) is 3.94. The number of carboxylic acids is 1.